The molecule has 0 aliphatic heterocycles. The van der Waals surface area contributed by atoms with Crippen LogP contribution in [0.5, 0.6) is 17.2 Å². The van der Waals surface area contributed by atoms with Gasteiger partial charge in [-0.1, -0.05) is 23.9 Å². The first-order chi connectivity index (χ1) is 14.2. The summed E-state index contributed by atoms with van der Waals surface area (Å²) in [7, 11) is 0. The van der Waals surface area contributed by atoms with Gasteiger partial charge in [-0.15, -0.1) is 5.10 Å². The van der Waals surface area contributed by atoms with Crippen molar-refractivity contribution in [2.24, 2.45) is 0 Å². The quantitative estimate of drug-likeness (QED) is 0.534. The van der Waals surface area contributed by atoms with E-state index in [2.05, 4.69) is 20.8 Å². The summed E-state index contributed by atoms with van der Waals surface area (Å²) in [5, 5.41) is 15.3. The molecule has 0 bridgehead atoms. The Kier molecular flexibility index (Phi) is 5.95. The Hall–Kier alpha value is -3.07. The summed E-state index contributed by atoms with van der Waals surface area (Å²) in [6, 6.07) is 15.1. The van der Waals surface area contributed by atoms with E-state index in [9.17, 15) is 4.79 Å². The second-order valence-electron chi connectivity index (χ2n) is 6.48. The van der Waals surface area contributed by atoms with Gasteiger partial charge in [-0.05, 0) is 66.6 Å². The minimum Gasteiger partial charge on any atom is -0.494 e. The van der Waals surface area contributed by atoms with Gasteiger partial charge in [-0.3, -0.25) is 4.79 Å². The second-order valence-corrected chi connectivity index (χ2v) is 7.42. The zero-order chi connectivity index (χ0) is 20.1. The highest BCUT2D eigenvalue weighted by atomic mass is 32.2. The fourth-order valence-electron chi connectivity index (χ4n) is 2.70. The molecule has 8 nitrogen and oxygen atoms in total. The molecule has 1 aliphatic rings. The van der Waals surface area contributed by atoms with Crippen LogP contribution in [0.1, 0.15) is 25.8 Å². The van der Waals surface area contributed by atoms with Crippen molar-refractivity contribution < 1.29 is 14.3 Å². The fraction of sp³-hybridized carbons (Fsp3) is 0.300. The van der Waals surface area contributed by atoms with E-state index in [4.69, 9.17) is 9.47 Å². The Morgan fingerprint density at radius 2 is 1.93 bits per heavy atom. The molecule has 1 N–H and O–H groups in total. The van der Waals surface area contributed by atoms with E-state index in [1.807, 2.05) is 49.4 Å². The summed E-state index contributed by atoms with van der Waals surface area (Å²) in [6.45, 7) is 2.55. The van der Waals surface area contributed by atoms with Crippen LogP contribution in [0.15, 0.2) is 53.7 Å². The van der Waals surface area contributed by atoms with Crippen LogP contribution in [0.3, 0.4) is 0 Å². The number of carbonyl (C=O) groups excluding carboxylic acids is 1. The van der Waals surface area contributed by atoms with Crippen molar-refractivity contribution in [1.82, 2.24) is 20.2 Å². The average Bonchev–Trinajstić information content (AvgIpc) is 3.47. The highest BCUT2D eigenvalue weighted by Gasteiger charge is 2.28. The Balaban J connectivity index is 1.37. The molecule has 1 fully saturated rings. The minimum atomic E-state index is -0.150. The number of anilines is 1. The number of ether oxygens (including phenoxy) is 2. The molecule has 4 rings (SSSR count). The molecule has 0 radical (unpaired) electrons. The first-order valence-electron chi connectivity index (χ1n) is 9.43. The van der Waals surface area contributed by atoms with E-state index < -0.39 is 0 Å². The van der Waals surface area contributed by atoms with E-state index in [-0.39, 0.29) is 11.7 Å². The average molecular weight is 411 g/mol. The molecule has 2 aromatic carbocycles. The summed E-state index contributed by atoms with van der Waals surface area (Å²) in [4.78, 5) is 12.4. The molecule has 1 aromatic heterocycles. The largest absolute Gasteiger partial charge is 0.494 e. The molecule has 0 saturated heterocycles. The van der Waals surface area contributed by atoms with Gasteiger partial charge in [0.05, 0.1) is 24.1 Å². The highest BCUT2D eigenvalue weighted by Crippen LogP contribution is 2.36. The van der Waals surface area contributed by atoms with Crippen molar-refractivity contribution >= 4 is 23.4 Å². The van der Waals surface area contributed by atoms with Crippen molar-refractivity contribution in [3.63, 3.8) is 0 Å². The lowest BCUT2D eigenvalue weighted by Crippen LogP contribution is -2.15. The van der Waals surface area contributed by atoms with E-state index in [1.54, 1.807) is 10.7 Å². The molecule has 0 unspecified atom stereocenters. The molecule has 1 heterocycles. The number of tetrazole rings is 1. The molecule has 29 heavy (non-hydrogen) atoms. The summed E-state index contributed by atoms with van der Waals surface area (Å²) in [6.07, 6.45) is 2.17. The van der Waals surface area contributed by atoms with Gasteiger partial charge in [0.1, 0.15) is 11.5 Å². The number of benzene rings is 2. The molecule has 0 atom stereocenters. The monoisotopic (exact) mass is 411 g/mol. The van der Waals surface area contributed by atoms with Crippen LogP contribution in [0.4, 0.5) is 5.69 Å². The Morgan fingerprint density at radius 3 is 2.69 bits per heavy atom. The van der Waals surface area contributed by atoms with Crippen LogP contribution >= 0.6 is 11.8 Å². The summed E-state index contributed by atoms with van der Waals surface area (Å²) >= 11 is 1.33. The zero-order valence-electron chi connectivity index (χ0n) is 15.9. The number of thioether (sulfide) groups is 1. The molecule has 1 amide bonds. The topological polar surface area (TPSA) is 91.2 Å². The maximum Gasteiger partial charge on any atom is 0.234 e. The third kappa shape index (κ3) is 5.05. The Morgan fingerprint density at radius 1 is 1.17 bits per heavy atom. The first-order valence-corrected chi connectivity index (χ1v) is 10.4. The lowest BCUT2D eigenvalue weighted by atomic mass is 10.2. The normalized spacial score (nSPS) is 13.1. The molecule has 9 heteroatoms. The van der Waals surface area contributed by atoms with Crippen molar-refractivity contribution in [1.29, 1.82) is 0 Å². The predicted molar refractivity (Wildman–Crippen MR) is 110 cm³/mol. The van der Waals surface area contributed by atoms with E-state index in [1.165, 1.54) is 11.8 Å². The minimum absolute atomic E-state index is 0.150. The van der Waals surface area contributed by atoms with Gasteiger partial charge < -0.3 is 14.8 Å². The van der Waals surface area contributed by atoms with Crippen LogP contribution in [0.25, 0.3) is 0 Å². The number of hydrogen-bond acceptors (Lipinski definition) is 7. The molecule has 3 aromatic rings. The number of nitrogens with zero attached hydrogens (tertiary/aromatic N) is 4. The van der Waals surface area contributed by atoms with E-state index in [0.717, 1.165) is 18.6 Å². The first kappa shape index (κ1) is 19.3. The fourth-order valence-corrected chi connectivity index (χ4v) is 3.45. The van der Waals surface area contributed by atoms with Gasteiger partial charge in [0.15, 0.2) is 5.75 Å². The van der Waals surface area contributed by atoms with Crippen LogP contribution < -0.4 is 14.8 Å². The van der Waals surface area contributed by atoms with Gasteiger partial charge in [0.25, 0.3) is 0 Å². The summed E-state index contributed by atoms with van der Waals surface area (Å²) in [5.41, 5.74) is 0.605. The van der Waals surface area contributed by atoms with Crippen molar-refractivity contribution in [3.8, 4) is 17.2 Å². The lowest BCUT2D eigenvalue weighted by Gasteiger charge is -2.12. The van der Waals surface area contributed by atoms with Crippen molar-refractivity contribution in [3.05, 3.63) is 48.5 Å². The second kappa shape index (κ2) is 8.95. The number of rotatable bonds is 9. The van der Waals surface area contributed by atoms with Gasteiger partial charge in [0.2, 0.25) is 11.1 Å². The zero-order valence-corrected chi connectivity index (χ0v) is 16.8. The maximum absolute atomic E-state index is 12.4. The number of aromatic nitrogens is 4. The van der Waals surface area contributed by atoms with Gasteiger partial charge >= 0.3 is 0 Å². The molecular weight excluding hydrogens is 390 g/mol. The molecule has 0 spiro atoms. The number of amides is 1. The van der Waals surface area contributed by atoms with Crippen LogP contribution in [-0.4, -0.2) is 38.5 Å². The lowest BCUT2D eigenvalue weighted by molar-refractivity contribution is -0.113. The van der Waals surface area contributed by atoms with Crippen molar-refractivity contribution in [2.45, 2.75) is 31.0 Å². The molecule has 1 saturated carbocycles. The summed E-state index contributed by atoms with van der Waals surface area (Å²) in [5.74, 6) is 2.07. The SMILES string of the molecule is CCOc1ccc(Oc2ccccc2NC(=O)CSc2nnnn2C2CC2)cc1. The van der Waals surface area contributed by atoms with Crippen molar-refractivity contribution in [2.75, 3.05) is 17.7 Å². The highest BCUT2D eigenvalue weighted by molar-refractivity contribution is 7.99. The molecular formula is C20H21N5O3S. The number of hydrogen-bond donors (Lipinski definition) is 1. The number of carbonyl (C=O) groups is 1. The summed E-state index contributed by atoms with van der Waals surface area (Å²) < 4.78 is 13.2. The third-order valence-corrected chi connectivity index (χ3v) is 5.14. The van der Waals surface area contributed by atoms with Gasteiger partial charge in [-0.2, -0.15) is 0 Å². The molecule has 150 valence electrons. The van der Waals surface area contributed by atoms with Gasteiger partial charge in [-0.25, -0.2) is 4.68 Å². The Bertz CT molecular complexity index is 972. The predicted octanol–water partition coefficient (Wildman–Crippen LogP) is 3.93. The number of nitrogens with one attached hydrogen (secondary N) is 1. The number of para-hydroxylation sites is 2. The smallest absolute Gasteiger partial charge is 0.234 e. The van der Waals surface area contributed by atoms with E-state index >= 15 is 0 Å². The van der Waals surface area contributed by atoms with Crippen LogP contribution in [0.2, 0.25) is 0 Å². The van der Waals surface area contributed by atoms with E-state index in [0.29, 0.717) is 35.0 Å². The Labute approximate surface area is 172 Å². The third-order valence-electron chi connectivity index (χ3n) is 4.21. The molecule has 1 aliphatic carbocycles. The maximum atomic E-state index is 12.4. The van der Waals surface area contributed by atoms with Crippen LogP contribution in [0, 0.1) is 0 Å². The van der Waals surface area contributed by atoms with Crippen LogP contribution in [-0.2, 0) is 4.79 Å². The standard InChI is InChI=1S/C20H21N5O3S/c1-2-27-15-9-11-16(12-10-15)28-18-6-4-3-5-17(18)21-19(26)13-29-20-22-23-24-25(20)14-7-8-14/h3-6,9-12,14H,2,7-8,13H2,1H3,(H,21,26). The van der Waals surface area contributed by atoms with Gasteiger partial charge in [0, 0.05) is 0 Å².